The maximum atomic E-state index is 13.1. The van der Waals surface area contributed by atoms with Gasteiger partial charge in [-0.05, 0) is 73.6 Å². The summed E-state index contributed by atoms with van der Waals surface area (Å²) in [4.78, 5) is 26.9. The minimum absolute atomic E-state index is 0.127. The second-order valence-corrected chi connectivity index (χ2v) is 11.6. The standard InChI is InChI=1S/C25H30N2O4S/c1-16(2)18-6-8-21(9-7-18)26-24(28)14-17(3)32(30,31)22-10-11-23-20(15-22)12-13-27(23)25(29)19-4-5-19/h6-11,15-17,19H,4-5,12-14H2,1-3H3,(H,26,28)/t17-/m0/s1. The number of rotatable bonds is 7. The van der Waals surface area contributed by atoms with E-state index in [0.717, 1.165) is 24.1 Å². The van der Waals surface area contributed by atoms with Crippen LogP contribution in [0, 0.1) is 5.92 Å². The lowest BCUT2D eigenvalue weighted by Gasteiger charge is -2.18. The lowest BCUT2D eigenvalue weighted by Crippen LogP contribution is -2.30. The summed E-state index contributed by atoms with van der Waals surface area (Å²) >= 11 is 0. The molecule has 6 nitrogen and oxygen atoms in total. The van der Waals surface area contributed by atoms with Crippen LogP contribution < -0.4 is 10.2 Å². The molecule has 1 aliphatic carbocycles. The van der Waals surface area contributed by atoms with Crippen LogP contribution in [0.4, 0.5) is 11.4 Å². The van der Waals surface area contributed by atoms with E-state index in [1.165, 1.54) is 5.56 Å². The zero-order valence-electron chi connectivity index (χ0n) is 18.8. The zero-order valence-corrected chi connectivity index (χ0v) is 19.6. The number of nitrogens with one attached hydrogen (secondary N) is 1. The van der Waals surface area contributed by atoms with Gasteiger partial charge >= 0.3 is 0 Å². The van der Waals surface area contributed by atoms with Crippen LogP contribution in [0.2, 0.25) is 0 Å². The third kappa shape index (κ3) is 4.58. The van der Waals surface area contributed by atoms with Crippen LogP contribution in [-0.4, -0.2) is 32.0 Å². The molecule has 2 amide bonds. The number of hydrogen-bond donors (Lipinski definition) is 1. The number of fused-ring (bicyclic) bond motifs is 1. The van der Waals surface area contributed by atoms with E-state index in [0.29, 0.717) is 24.6 Å². The molecule has 1 N–H and O–H groups in total. The van der Waals surface area contributed by atoms with Gasteiger partial charge in [-0.2, -0.15) is 0 Å². The van der Waals surface area contributed by atoms with Crippen molar-refractivity contribution >= 4 is 33.0 Å². The molecule has 4 rings (SSSR count). The van der Waals surface area contributed by atoms with Crippen molar-refractivity contribution in [3.05, 3.63) is 53.6 Å². The lowest BCUT2D eigenvalue weighted by atomic mass is 10.0. The summed E-state index contributed by atoms with van der Waals surface area (Å²) in [6.07, 6.45) is 2.41. The van der Waals surface area contributed by atoms with Crippen molar-refractivity contribution < 1.29 is 18.0 Å². The molecule has 0 aromatic heterocycles. The first-order valence-electron chi connectivity index (χ1n) is 11.2. The Morgan fingerprint density at radius 2 is 1.75 bits per heavy atom. The molecule has 1 saturated carbocycles. The third-order valence-corrected chi connectivity index (χ3v) is 8.47. The third-order valence-electron chi connectivity index (χ3n) is 6.33. The van der Waals surface area contributed by atoms with E-state index in [-0.39, 0.29) is 29.0 Å². The van der Waals surface area contributed by atoms with E-state index in [1.54, 1.807) is 30.0 Å². The molecular formula is C25H30N2O4S. The molecule has 170 valence electrons. The van der Waals surface area contributed by atoms with Crippen molar-refractivity contribution in [2.75, 3.05) is 16.8 Å². The van der Waals surface area contributed by atoms with E-state index in [9.17, 15) is 18.0 Å². The van der Waals surface area contributed by atoms with E-state index in [4.69, 9.17) is 0 Å². The van der Waals surface area contributed by atoms with Gasteiger partial charge in [-0.15, -0.1) is 0 Å². The van der Waals surface area contributed by atoms with Gasteiger partial charge < -0.3 is 10.2 Å². The number of hydrogen-bond acceptors (Lipinski definition) is 4. The first-order valence-corrected chi connectivity index (χ1v) is 12.8. The quantitative estimate of drug-likeness (QED) is 0.676. The molecule has 0 spiro atoms. The van der Waals surface area contributed by atoms with Crippen LogP contribution in [0.5, 0.6) is 0 Å². The van der Waals surface area contributed by atoms with Crippen molar-refractivity contribution in [3.8, 4) is 0 Å². The molecule has 2 aromatic carbocycles. The average Bonchev–Trinajstić information content (AvgIpc) is 3.52. The number of sulfone groups is 1. The van der Waals surface area contributed by atoms with Gasteiger partial charge in [0.25, 0.3) is 0 Å². The molecule has 1 fully saturated rings. The van der Waals surface area contributed by atoms with Crippen molar-refractivity contribution in [2.24, 2.45) is 5.92 Å². The molecule has 1 atom stereocenters. The molecule has 2 aromatic rings. The zero-order chi connectivity index (χ0) is 23.0. The van der Waals surface area contributed by atoms with Crippen LogP contribution in [0.15, 0.2) is 47.4 Å². The summed E-state index contributed by atoms with van der Waals surface area (Å²) in [7, 11) is -3.67. The normalized spacial score (nSPS) is 16.7. The molecule has 0 unspecified atom stereocenters. The lowest BCUT2D eigenvalue weighted by molar-refractivity contribution is -0.119. The summed E-state index contributed by atoms with van der Waals surface area (Å²) in [6.45, 7) is 6.36. The minimum atomic E-state index is -3.67. The molecule has 32 heavy (non-hydrogen) atoms. The van der Waals surface area contributed by atoms with Gasteiger partial charge in [0.15, 0.2) is 9.84 Å². The first-order chi connectivity index (χ1) is 15.2. The minimum Gasteiger partial charge on any atom is -0.326 e. The van der Waals surface area contributed by atoms with Gasteiger partial charge in [-0.1, -0.05) is 26.0 Å². The Balaban J connectivity index is 1.42. The monoisotopic (exact) mass is 454 g/mol. The van der Waals surface area contributed by atoms with E-state index in [1.807, 2.05) is 24.3 Å². The Labute approximate surface area is 189 Å². The molecule has 1 aliphatic heterocycles. The Bertz CT molecular complexity index is 1140. The largest absolute Gasteiger partial charge is 0.326 e. The van der Waals surface area contributed by atoms with Gasteiger partial charge in [0, 0.05) is 30.3 Å². The van der Waals surface area contributed by atoms with Gasteiger partial charge in [-0.25, -0.2) is 8.42 Å². The number of amides is 2. The molecular weight excluding hydrogens is 424 g/mol. The predicted octanol–water partition coefficient (Wildman–Crippen LogP) is 4.30. The van der Waals surface area contributed by atoms with Crippen LogP contribution in [0.3, 0.4) is 0 Å². The highest BCUT2D eigenvalue weighted by molar-refractivity contribution is 7.92. The predicted molar refractivity (Wildman–Crippen MR) is 126 cm³/mol. The maximum Gasteiger partial charge on any atom is 0.230 e. The van der Waals surface area contributed by atoms with Crippen LogP contribution in [-0.2, 0) is 25.8 Å². The molecule has 0 radical (unpaired) electrons. The summed E-state index contributed by atoms with van der Waals surface area (Å²) in [5.74, 6) is 0.340. The Morgan fingerprint density at radius 1 is 1.06 bits per heavy atom. The molecule has 1 heterocycles. The van der Waals surface area contributed by atoms with Gasteiger partial charge in [0.2, 0.25) is 11.8 Å². The summed E-state index contributed by atoms with van der Waals surface area (Å²) in [5.41, 5.74) is 3.52. The second kappa shape index (κ2) is 8.70. The summed E-state index contributed by atoms with van der Waals surface area (Å²) in [6, 6.07) is 12.6. The van der Waals surface area contributed by atoms with Crippen LogP contribution in [0.1, 0.15) is 57.1 Å². The van der Waals surface area contributed by atoms with E-state index < -0.39 is 15.1 Å². The van der Waals surface area contributed by atoms with Crippen molar-refractivity contribution in [2.45, 2.75) is 62.5 Å². The number of benzene rings is 2. The van der Waals surface area contributed by atoms with Crippen LogP contribution >= 0.6 is 0 Å². The van der Waals surface area contributed by atoms with Crippen LogP contribution in [0.25, 0.3) is 0 Å². The molecule has 2 aliphatic rings. The highest BCUT2D eigenvalue weighted by Gasteiger charge is 2.37. The first kappa shape index (κ1) is 22.5. The molecule has 7 heteroatoms. The highest BCUT2D eigenvalue weighted by Crippen LogP contribution is 2.37. The fraction of sp³-hybridized carbons (Fsp3) is 0.440. The number of carbonyl (C=O) groups is 2. The molecule has 0 bridgehead atoms. The fourth-order valence-electron chi connectivity index (χ4n) is 4.10. The molecule has 0 saturated heterocycles. The van der Waals surface area contributed by atoms with Gasteiger partial charge in [0.05, 0.1) is 10.1 Å². The smallest absolute Gasteiger partial charge is 0.230 e. The van der Waals surface area contributed by atoms with E-state index in [2.05, 4.69) is 19.2 Å². The summed E-state index contributed by atoms with van der Waals surface area (Å²) < 4.78 is 26.2. The Hall–Kier alpha value is -2.67. The Kier molecular flexibility index (Phi) is 6.12. The number of nitrogens with zero attached hydrogens (tertiary/aromatic N) is 1. The average molecular weight is 455 g/mol. The van der Waals surface area contributed by atoms with Crippen molar-refractivity contribution in [1.29, 1.82) is 0 Å². The van der Waals surface area contributed by atoms with Crippen molar-refractivity contribution in [3.63, 3.8) is 0 Å². The maximum absolute atomic E-state index is 13.1. The SMILES string of the molecule is CC(C)c1ccc(NC(=O)C[C@H](C)S(=O)(=O)c2ccc3c(c2)CCN3C(=O)C2CC2)cc1. The fourth-order valence-corrected chi connectivity index (χ4v) is 5.50. The Morgan fingerprint density at radius 3 is 2.38 bits per heavy atom. The number of anilines is 2. The topological polar surface area (TPSA) is 83.6 Å². The van der Waals surface area contributed by atoms with Crippen molar-refractivity contribution in [1.82, 2.24) is 0 Å². The van der Waals surface area contributed by atoms with E-state index >= 15 is 0 Å². The van der Waals surface area contributed by atoms with Gasteiger partial charge in [0.1, 0.15) is 0 Å². The highest BCUT2D eigenvalue weighted by atomic mass is 32.2. The van der Waals surface area contributed by atoms with Gasteiger partial charge in [-0.3, -0.25) is 9.59 Å². The second-order valence-electron chi connectivity index (χ2n) is 9.19. The number of carbonyl (C=O) groups excluding carboxylic acids is 2. The summed E-state index contributed by atoms with van der Waals surface area (Å²) in [5, 5.41) is 1.93.